The molecule has 0 fully saturated rings. The lowest BCUT2D eigenvalue weighted by Gasteiger charge is -2.04. The summed E-state index contributed by atoms with van der Waals surface area (Å²) in [6.45, 7) is -0.387. The normalized spacial score (nSPS) is 12.3. The van der Waals surface area contributed by atoms with Gasteiger partial charge in [-0.3, -0.25) is 0 Å². The van der Waals surface area contributed by atoms with Crippen LogP contribution < -0.4 is 0 Å². The van der Waals surface area contributed by atoms with Crippen molar-refractivity contribution >= 4 is 10.9 Å². The molecule has 0 bridgehead atoms. The quantitative estimate of drug-likeness (QED) is 0.797. The highest BCUT2D eigenvalue weighted by atomic mass is 19.4. The summed E-state index contributed by atoms with van der Waals surface area (Å²) in [6, 6.07) is 3.05. The van der Waals surface area contributed by atoms with Crippen molar-refractivity contribution in [2.24, 2.45) is 0 Å². The van der Waals surface area contributed by atoms with Gasteiger partial charge in [-0.05, 0) is 18.2 Å². The molecule has 0 atom stereocenters. The number of halogens is 3. The van der Waals surface area contributed by atoms with E-state index in [0.29, 0.717) is 5.39 Å². The van der Waals surface area contributed by atoms with Gasteiger partial charge >= 0.3 is 6.18 Å². The fourth-order valence-corrected chi connectivity index (χ4v) is 1.29. The van der Waals surface area contributed by atoms with Gasteiger partial charge in [-0.2, -0.15) is 13.2 Å². The van der Waals surface area contributed by atoms with Crippen LogP contribution in [0.1, 0.15) is 11.3 Å². The molecule has 0 spiro atoms. The summed E-state index contributed by atoms with van der Waals surface area (Å²) in [6.07, 6.45) is -4.40. The molecule has 0 aliphatic heterocycles. The molecular weight excluding hydrogens is 211 g/mol. The molecule has 1 aromatic carbocycles. The van der Waals surface area contributed by atoms with Crippen LogP contribution in [0.3, 0.4) is 0 Å². The van der Waals surface area contributed by atoms with Crippen molar-refractivity contribution in [3.63, 3.8) is 0 Å². The van der Waals surface area contributed by atoms with Crippen molar-refractivity contribution < 1.29 is 22.8 Å². The Hall–Kier alpha value is -1.56. The monoisotopic (exact) mass is 217 g/mol. The van der Waals surface area contributed by atoms with Crippen LogP contribution in [0.15, 0.2) is 22.7 Å². The molecule has 0 aliphatic rings. The van der Waals surface area contributed by atoms with E-state index >= 15 is 0 Å². The highest BCUT2D eigenvalue weighted by Gasteiger charge is 2.31. The maximum atomic E-state index is 12.3. The van der Waals surface area contributed by atoms with Crippen molar-refractivity contribution in [2.45, 2.75) is 12.8 Å². The second-order valence-electron chi connectivity index (χ2n) is 2.99. The fraction of sp³-hybridized carbons (Fsp3) is 0.222. The predicted octanol–water partition coefficient (Wildman–Crippen LogP) is 2.34. The first-order valence-corrected chi connectivity index (χ1v) is 4.09. The summed E-state index contributed by atoms with van der Waals surface area (Å²) in [5, 5.41) is 12.6. The zero-order chi connectivity index (χ0) is 11.1. The second kappa shape index (κ2) is 3.23. The van der Waals surface area contributed by atoms with E-state index in [2.05, 4.69) is 9.68 Å². The van der Waals surface area contributed by atoms with Crippen LogP contribution in [-0.4, -0.2) is 10.3 Å². The summed E-state index contributed by atoms with van der Waals surface area (Å²) in [5.74, 6) is 0.165. The van der Waals surface area contributed by atoms with Crippen LogP contribution >= 0.6 is 0 Å². The third kappa shape index (κ3) is 1.68. The van der Waals surface area contributed by atoms with Gasteiger partial charge in [-0.15, -0.1) is 0 Å². The Morgan fingerprint density at radius 2 is 2.07 bits per heavy atom. The lowest BCUT2D eigenvalue weighted by Crippen LogP contribution is -2.04. The Bertz CT molecular complexity index is 490. The Morgan fingerprint density at radius 3 is 2.67 bits per heavy atom. The number of benzene rings is 1. The summed E-state index contributed by atoms with van der Waals surface area (Å²) in [7, 11) is 0. The Morgan fingerprint density at radius 1 is 1.33 bits per heavy atom. The minimum atomic E-state index is -4.40. The van der Waals surface area contributed by atoms with Gasteiger partial charge in [0.15, 0.2) is 5.76 Å². The maximum Gasteiger partial charge on any atom is 0.416 e. The number of fused-ring (bicyclic) bond motifs is 1. The molecule has 0 radical (unpaired) electrons. The zero-order valence-corrected chi connectivity index (χ0v) is 7.38. The lowest BCUT2D eigenvalue weighted by molar-refractivity contribution is -0.137. The topological polar surface area (TPSA) is 46.3 Å². The van der Waals surface area contributed by atoms with E-state index in [1.165, 1.54) is 6.07 Å². The van der Waals surface area contributed by atoms with E-state index in [1.807, 2.05) is 0 Å². The molecule has 6 heteroatoms. The molecule has 15 heavy (non-hydrogen) atoms. The molecule has 2 rings (SSSR count). The van der Waals surface area contributed by atoms with E-state index < -0.39 is 11.7 Å². The fourth-order valence-electron chi connectivity index (χ4n) is 1.29. The van der Waals surface area contributed by atoms with Crippen molar-refractivity contribution in [3.8, 4) is 0 Å². The average Bonchev–Trinajstić information content (AvgIpc) is 2.58. The molecule has 1 N–H and O–H groups in total. The van der Waals surface area contributed by atoms with Crippen LogP contribution in [0.5, 0.6) is 0 Å². The van der Waals surface area contributed by atoms with Gasteiger partial charge in [0.25, 0.3) is 0 Å². The highest BCUT2D eigenvalue weighted by molar-refractivity contribution is 5.81. The third-order valence-electron chi connectivity index (χ3n) is 2.02. The number of hydrogen-bond donors (Lipinski definition) is 1. The second-order valence-corrected chi connectivity index (χ2v) is 2.99. The van der Waals surface area contributed by atoms with Crippen LogP contribution in [0.25, 0.3) is 10.9 Å². The van der Waals surface area contributed by atoms with E-state index in [0.717, 1.165) is 12.1 Å². The summed E-state index contributed by atoms with van der Waals surface area (Å²) in [5.41, 5.74) is -0.693. The van der Waals surface area contributed by atoms with Gasteiger partial charge in [0.05, 0.1) is 5.56 Å². The van der Waals surface area contributed by atoms with Crippen LogP contribution in [0, 0.1) is 0 Å². The molecule has 2 aromatic rings. The third-order valence-corrected chi connectivity index (χ3v) is 2.02. The van der Waals surface area contributed by atoms with Crippen LogP contribution in [0.4, 0.5) is 13.2 Å². The van der Waals surface area contributed by atoms with Crippen molar-refractivity contribution in [2.75, 3.05) is 0 Å². The zero-order valence-electron chi connectivity index (χ0n) is 7.38. The minimum Gasteiger partial charge on any atom is -0.388 e. The lowest BCUT2D eigenvalue weighted by atomic mass is 10.1. The molecule has 0 unspecified atom stereocenters. The molecule has 1 heterocycles. The molecule has 0 saturated carbocycles. The van der Waals surface area contributed by atoms with Gasteiger partial charge in [0.1, 0.15) is 12.1 Å². The number of rotatable bonds is 1. The van der Waals surface area contributed by atoms with E-state index in [4.69, 9.17) is 5.11 Å². The average molecular weight is 217 g/mol. The van der Waals surface area contributed by atoms with E-state index in [9.17, 15) is 13.2 Å². The molecular formula is C9H6F3NO2. The number of hydrogen-bond acceptors (Lipinski definition) is 3. The van der Waals surface area contributed by atoms with Gasteiger partial charge < -0.3 is 9.63 Å². The number of aromatic nitrogens is 1. The Balaban J connectivity index is 2.58. The Kier molecular flexibility index (Phi) is 2.15. The molecule has 0 saturated heterocycles. The molecule has 1 aromatic heterocycles. The van der Waals surface area contributed by atoms with Crippen molar-refractivity contribution in [1.29, 1.82) is 0 Å². The predicted molar refractivity (Wildman–Crippen MR) is 44.9 cm³/mol. The van der Waals surface area contributed by atoms with Gasteiger partial charge in [0, 0.05) is 5.39 Å². The number of alkyl halides is 3. The minimum absolute atomic E-state index is 0.0916. The van der Waals surface area contributed by atoms with Gasteiger partial charge in [-0.25, -0.2) is 0 Å². The number of nitrogens with zero attached hydrogens (tertiary/aromatic N) is 1. The van der Waals surface area contributed by atoms with E-state index in [1.54, 1.807) is 0 Å². The molecule has 3 nitrogen and oxygen atoms in total. The summed E-state index contributed by atoms with van der Waals surface area (Å²) >= 11 is 0. The smallest absolute Gasteiger partial charge is 0.388 e. The highest BCUT2D eigenvalue weighted by Crippen LogP contribution is 2.31. The number of aliphatic hydroxyl groups excluding tert-OH is 1. The summed E-state index contributed by atoms with van der Waals surface area (Å²) < 4.78 is 41.6. The van der Waals surface area contributed by atoms with Gasteiger partial charge in [0.2, 0.25) is 0 Å². The van der Waals surface area contributed by atoms with Crippen LogP contribution in [-0.2, 0) is 12.8 Å². The summed E-state index contributed by atoms with van der Waals surface area (Å²) in [4.78, 5) is 0. The number of aliphatic hydroxyl groups is 1. The SMILES string of the molecule is OCc1onc2cc(C(F)(F)F)ccc12. The van der Waals surface area contributed by atoms with E-state index in [-0.39, 0.29) is 17.9 Å². The molecule has 80 valence electrons. The largest absolute Gasteiger partial charge is 0.416 e. The first-order chi connectivity index (χ1) is 7.02. The first kappa shape index (κ1) is 9.97. The Labute approximate surface area is 82.1 Å². The molecule has 0 amide bonds. The van der Waals surface area contributed by atoms with Gasteiger partial charge in [-0.1, -0.05) is 5.16 Å². The first-order valence-electron chi connectivity index (χ1n) is 4.09. The van der Waals surface area contributed by atoms with Crippen LogP contribution in [0.2, 0.25) is 0 Å². The standard InChI is InChI=1S/C9H6F3NO2/c10-9(11,12)5-1-2-6-7(3-5)13-15-8(6)4-14/h1-3,14H,4H2. The maximum absolute atomic E-state index is 12.3. The van der Waals surface area contributed by atoms with Crippen molar-refractivity contribution in [3.05, 3.63) is 29.5 Å². The molecule has 0 aliphatic carbocycles. The van der Waals surface area contributed by atoms with Crippen molar-refractivity contribution in [1.82, 2.24) is 5.16 Å².